The summed E-state index contributed by atoms with van der Waals surface area (Å²) in [5, 5.41) is 0. The van der Waals surface area contributed by atoms with Crippen LogP contribution in [0.25, 0.3) is 0 Å². The highest BCUT2D eigenvalue weighted by Gasteiger charge is 2.13. The van der Waals surface area contributed by atoms with Crippen LogP contribution in [-0.4, -0.2) is 36.2 Å². The second-order valence-electron chi connectivity index (χ2n) is 4.25. The molecule has 0 aliphatic carbocycles. The highest BCUT2D eigenvalue weighted by Crippen LogP contribution is 2.19. The Morgan fingerprint density at radius 3 is 2.65 bits per heavy atom. The van der Waals surface area contributed by atoms with Crippen molar-refractivity contribution in [2.45, 2.75) is 33.2 Å². The van der Waals surface area contributed by atoms with E-state index in [1.165, 1.54) is 0 Å². The summed E-state index contributed by atoms with van der Waals surface area (Å²) in [6.07, 6.45) is 0.948. The van der Waals surface area contributed by atoms with Crippen molar-refractivity contribution in [3.8, 4) is 5.88 Å². The SMILES string of the molecule is COc1cc(N(CCCN)C(C)C)nc(C)n1. The topological polar surface area (TPSA) is 64.3 Å². The van der Waals surface area contributed by atoms with Crippen LogP contribution >= 0.6 is 0 Å². The van der Waals surface area contributed by atoms with Crippen LogP contribution in [0.4, 0.5) is 5.82 Å². The van der Waals surface area contributed by atoms with Crippen molar-refractivity contribution in [1.82, 2.24) is 9.97 Å². The number of ether oxygens (including phenoxy) is 1. The molecule has 0 unspecified atom stereocenters. The van der Waals surface area contributed by atoms with Gasteiger partial charge in [-0.05, 0) is 33.7 Å². The summed E-state index contributed by atoms with van der Waals surface area (Å²) in [5.41, 5.74) is 5.56. The molecule has 17 heavy (non-hydrogen) atoms. The van der Waals surface area contributed by atoms with E-state index in [9.17, 15) is 0 Å². The molecule has 5 heteroatoms. The van der Waals surface area contributed by atoms with Gasteiger partial charge in [-0.3, -0.25) is 0 Å². The van der Waals surface area contributed by atoms with Gasteiger partial charge in [-0.2, -0.15) is 4.98 Å². The van der Waals surface area contributed by atoms with Crippen LogP contribution in [0.15, 0.2) is 6.07 Å². The average Bonchev–Trinajstić information content (AvgIpc) is 2.28. The lowest BCUT2D eigenvalue weighted by Gasteiger charge is -2.28. The predicted molar refractivity (Wildman–Crippen MR) is 69.5 cm³/mol. The van der Waals surface area contributed by atoms with Crippen molar-refractivity contribution in [3.63, 3.8) is 0 Å². The molecule has 0 saturated carbocycles. The molecule has 0 fully saturated rings. The zero-order valence-corrected chi connectivity index (χ0v) is 11.1. The molecule has 1 rings (SSSR count). The molecular formula is C12H22N4O. The number of aryl methyl sites for hydroxylation is 1. The number of nitrogens with zero attached hydrogens (tertiary/aromatic N) is 3. The fourth-order valence-corrected chi connectivity index (χ4v) is 1.68. The normalized spacial score (nSPS) is 10.7. The lowest BCUT2D eigenvalue weighted by molar-refractivity contribution is 0.395. The Morgan fingerprint density at radius 1 is 1.41 bits per heavy atom. The van der Waals surface area contributed by atoms with Gasteiger partial charge >= 0.3 is 0 Å². The molecule has 1 heterocycles. The van der Waals surface area contributed by atoms with Gasteiger partial charge in [-0.15, -0.1) is 0 Å². The van der Waals surface area contributed by atoms with Crippen LogP contribution in [0.3, 0.4) is 0 Å². The van der Waals surface area contributed by atoms with Crippen LogP contribution < -0.4 is 15.4 Å². The Kier molecular flexibility index (Phi) is 5.15. The minimum absolute atomic E-state index is 0.376. The maximum atomic E-state index is 5.56. The number of hydrogen-bond acceptors (Lipinski definition) is 5. The van der Waals surface area contributed by atoms with Gasteiger partial charge in [0.05, 0.1) is 7.11 Å². The summed E-state index contributed by atoms with van der Waals surface area (Å²) in [7, 11) is 1.62. The Labute approximate surface area is 103 Å². The van der Waals surface area contributed by atoms with Crippen LogP contribution in [-0.2, 0) is 0 Å². The third-order valence-corrected chi connectivity index (χ3v) is 2.53. The standard InChI is InChI=1S/C12H22N4O/c1-9(2)16(7-5-6-13)11-8-12(17-4)15-10(3)14-11/h8-9H,5-7,13H2,1-4H3. The van der Waals surface area contributed by atoms with Gasteiger partial charge in [0.2, 0.25) is 5.88 Å². The predicted octanol–water partition coefficient (Wildman–Crippen LogP) is 1.36. The number of hydrogen-bond donors (Lipinski definition) is 1. The van der Waals surface area contributed by atoms with E-state index < -0.39 is 0 Å². The van der Waals surface area contributed by atoms with Crippen LogP contribution in [0.1, 0.15) is 26.1 Å². The highest BCUT2D eigenvalue weighted by molar-refractivity contribution is 5.42. The molecule has 0 radical (unpaired) electrons. The molecule has 0 amide bonds. The Morgan fingerprint density at radius 2 is 2.12 bits per heavy atom. The first-order valence-corrected chi connectivity index (χ1v) is 5.95. The van der Waals surface area contributed by atoms with Crippen molar-refractivity contribution in [2.24, 2.45) is 5.73 Å². The van der Waals surface area contributed by atoms with Crippen LogP contribution in [0.2, 0.25) is 0 Å². The maximum Gasteiger partial charge on any atom is 0.218 e. The molecule has 96 valence electrons. The Bertz CT molecular complexity index is 354. The third kappa shape index (κ3) is 3.85. The van der Waals surface area contributed by atoms with Gasteiger partial charge in [0.1, 0.15) is 11.6 Å². The van der Waals surface area contributed by atoms with Gasteiger partial charge in [-0.1, -0.05) is 0 Å². The molecule has 0 aromatic carbocycles. The largest absolute Gasteiger partial charge is 0.481 e. The molecule has 1 aromatic heterocycles. The minimum atomic E-state index is 0.376. The number of anilines is 1. The Balaban J connectivity index is 2.96. The van der Waals surface area contributed by atoms with Gasteiger partial charge in [-0.25, -0.2) is 4.98 Å². The lowest BCUT2D eigenvalue weighted by atomic mass is 10.2. The number of aromatic nitrogens is 2. The van der Waals surface area contributed by atoms with E-state index in [4.69, 9.17) is 10.5 Å². The minimum Gasteiger partial charge on any atom is -0.481 e. The van der Waals surface area contributed by atoms with Crippen molar-refractivity contribution >= 4 is 5.82 Å². The fourth-order valence-electron chi connectivity index (χ4n) is 1.68. The van der Waals surface area contributed by atoms with E-state index in [0.29, 0.717) is 18.5 Å². The molecule has 0 aliphatic heterocycles. The highest BCUT2D eigenvalue weighted by atomic mass is 16.5. The van der Waals surface area contributed by atoms with Crippen molar-refractivity contribution < 1.29 is 4.74 Å². The summed E-state index contributed by atoms with van der Waals surface area (Å²) in [6.45, 7) is 7.73. The zero-order valence-electron chi connectivity index (χ0n) is 11.1. The number of methoxy groups -OCH3 is 1. The first-order chi connectivity index (χ1) is 8.08. The smallest absolute Gasteiger partial charge is 0.218 e. The molecule has 0 aliphatic rings. The van der Waals surface area contributed by atoms with E-state index >= 15 is 0 Å². The summed E-state index contributed by atoms with van der Waals surface area (Å²) in [5.74, 6) is 2.22. The summed E-state index contributed by atoms with van der Waals surface area (Å²) in [6, 6.07) is 2.24. The average molecular weight is 238 g/mol. The van der Waals surface area contributed by atoms with Crippen molar-refractivity contribution in [2.75, 3.05) is 25.1 Å². The van der Waals surface area contributed by atoms with Gasteiger partial charge in [0.15, 0.2) is 0 Å². The molecule has 1 aromatic rings. The van der Waals surface area contributed by atoms with Crippen LogP contribution in [0.5, 0.6) is 5.88 Å². The van der Waals surface area contributed by atoms with Crippen molar-refractivity contribution in [3.05, 3.63) is 11.9 Å². The second-order valence-corrected chi connectivity index (χ2v) is 4.25. The summed E-state index contributed by atoms with van der Waals surface area (Å²) < 4.78 is 5.17. The van der Waals surface area contributed by atoms with E-state index in [1.807, 2.05) is 13.0 Å². The molecular weight excluding hydrogens is 216 g/mol. The van der Waals surface area contributed by atoms with Crippen LogP contribution in [0, 0.1) is 6.92 Å². The molecule has 2 N–H and O–H groups in total. The van der Waals surface area contributed by atoms with E-state index in [2.05, 4.69) is 28.7 Å². The summed E-state index contributed by atoms with van der Waals surface area (Å²) in [4.78, 5) is 10.9. The molecule has 0 saturated heterocycles. The van der Waals surface area contributed by atoms with Gasteiger partial charge < -0.3 is 15.4 Å². The van der Waals surface area contributed by atoms with E-state index in [0.717, 1.165) is 24.6 Å². The lowest BCUT2D eigenvalue weighted by Crippen LogP contribution is -2.33. The monoisotopic (exact) mass is 238 g/mol. The zero-order chi connectivity index (χ0) is 12.8. The number of nitrogens with two attached hydrogens (primary N) is 1. The molecule has 5 nitrogen and oxygen atoms in total. The maximum absolute atomic E-state index is 5.56. The Hall–Kier alpha value is -1.36. The third-order valence-electron chi connectivity index (χ3n) is 2.53. The second kappa shape index (κ2) is 6.39. The van der Waals surface area contributed by atoms with Gasteiger partial charge in [0, 0.05) is 18.7 Å². The van der Waals surface area contributed by atoms with E-state index in [1.54, 1.807) is 7.11 Å². The number of rotatable bonds is 6. The fraction of sp³-hybridized carbons (Fsp3) is 0.667. The van der Waals surface area contributed by atoms with Crippen molar-refractivity contribution in [1.29, 1.82) is 0 Å². The first-order valence-electron chi connectivity index (χ1n) is 5.95. The molecule has 0 atom stereocenters. The first kappa shape index (κ1) is 13.7. The molecule has 0 spiro atoms. The van der Waals surface area contributed by atoms with E-state index in [-0.39, 0.29) is 0 Å². The van der Waals surface area contributed by atoms with Gasteiger partial charge in [0.25, 0.3) is 0 Å². The quantitative estimate of drug-likeness (QED) is 0.810. The molecule has 0 bridgehead atoms. The summed E-state index contributed by atoms with van der Waals surface area (Å²) >= 11 is 0.